The lowest BCUT2D eigenvalue weighted by atomic mass is 10.2. The minimum absolute atomic E-state index is 1.06. The fourth-order valence-corrected chi connectivity index (χ4v) is 4.41. The molecule has 0 spiro atoms. The molecule has 1 aliphatic heterocycles. The van der Waals surface area contributed by atoms with Crippen molar-refractivity contribution < 1.29 is 0 Å². The van der Waals surface area contributed by atoms with Crippen molar-refractivity contribution in [2.75, 3.05) is 31.1 Å². The van der Waals surface area contributed by atoms with Crippen LogP contribution in [0.4, 0.5) is 5.69 Å². The Morgan fingerprint density at radius 3 is 2.67 bits per heavy atom. The maximum Gasteiger partial charge on any atom is 0.0511 e. The molecule has 1 saturated heterocycles. The zero-order valence-electron chi connectivity index (χ0n) is 14.2. The Kier molecular flexibility index (Phi) is 4.25. The molecule has 4 heteroatoms. The van der Waals surface area contributed by atoms with Gasteiger partial charge in [0.15, 0.2) is 0 Å². The van der Waals surface area contributed by atoms with Gasteiger partial charge in [-0.1, -0.05) is 36.0 Å². The summed E-state index contributed by atoms with van der Waals surface area (Å²) >= 11 is 1.87. The molecule has 0 bridgehead atoms. The molecule has 0 aliphatic carbocycles. The Bertz CT molecular complexity index is 862. The van der Waals surface area contributed by atoms with E-state index in [9.17, 15) is 0 Å². The summed E-state index contributed by atoms with van der Waals surface area (Å²) in [7, 11) is 0. The highest BCUT2D eigenvalue weighted by atomic mass is 32.2. The lowest BCUT2D eigenvalue weighted by molar-refractivity contribution is 0.587. The van der Waals surface area contributed by atoms with Gasteiger partial charge in [-0.05, 0) is 37.1 Å². The van der Waals surface area contributed by atoms with Gasteiger partial charge in [0.05, 0.1) is 5.69 Å². The monoisotopic (exact) mass is 337 g/mol. The van der Waals surface area contributed by atoms with Gasteiger partial charge in [0.1, 0.15) is 0 Å². The Morgan fingerprint density at radius 1 is 1.00 bits per heavy atom. The van der Waals surface area contributed by atoms with Gasteiger partial charge < -0.3 is 15.2 Å². The Labute approximate surface area is 147 Å². The quantitative estimate of drug-likeness (QED) is 0.745. The van der Waals surface area contributed by atoms with E-state index in [1.54, 1.807) is 0 Å². The lowest BCUT2D eigenvalue weighted by Crippen LogP contribution is -2.43. The number of para-hydroxylation sites is 1. The molecule has 1 aromatic heterocycles. The molecule has 1 aliphatic rings. The number of rotatable bonds is 3. The molecule has 2 N–H and O–H groups in total. The first-order valence-corrected chi connectivity index (χ1v) is 9.35. The second kappa shape index (κ2) is 6.54. The first-order valence-electron chi connectivity index (χ1n) is 8.53. The summed E-state index contributed by atoms with van der Waals surface area (Å²) in [6, 6.07) is 13.3. The zero-order chi connectivity index (χ0) is 16.5. The molecule has 0 amide bonds. The van der Waals surface area contributed by atoms with Crippen molar-refractivity contribution >= 4 is 28.4 Å². The number of aromatic nitrogens is 1. The number of piperazine rings is 1. The van der Waals surface area contributed by atoms with Crippen molar-refractivity contribution in [2.45, 2.75) is 23.6 Å². The largest absolute Gasteiger partial charge is 0.368 e. The predicted octanol–water partition coefficient (Wildman–Crippen LogP) is 4.35. The predicted molar refractivity (Wildman–Crippen MR) is 103 cm³/mol. The molecule has 124 valence electrons. The number of hydrogen-bond donors (Lipinski definition) is 2. The van der Waals surface area contributed by atoms with E-state index in [4.69, 9.17) is 0 Å². The van der Waals surface area contributed by atoms with Gasteiger partial charge in [-0.25, -0.2) is 0 Å². The van der Waals surface area contributed by atoms with E-state index in [0.717, 1.165) is 26.2 Å². The summed E-state index contributed by atoms with van der Waals surface area (Å²) in [5.74, 6) is 0. The van der Waals surface area contributed by atoms with Crippen molar-refractivity contribution in [1.29, 1.82) is 0 Å². The van der Waals surface area contributed by atoms with E-state index >= 15 is 0 Å². The third-order valence-corrected chi connectivity index (χ3v) is 5.80. The Hall–Kier alpha value is -1.91. The molecule has 2 heterocycles. The molecule has 24 heavy (non-hydrogen) atoms. The average Bonchev–Trinajstić information content (AvgIpc) is 3.02. The van der Waals surface area contributed by atoms with E-state index < -0.39 is 0 Å². The van der Waals surface area contributed by atoms with Crippen molar-refractivity contribution in [1.82, 2.24) is 10.3 Å². The number of nitrogens with one attached hydrogen (secondary N) is 2. The maximum atomic E-state index is 3.44. The van der Waals surface area contributed by atoms with Crippen LogP contribution in [0, 0.1) is 13.8 Å². The first-order chi connectivity index (χ1) is 11.7. The minimum atomic E-state index is 1.06. The highest BCUT2D eigenvalue weighted by molar-refractivity contribution is 7.99. The van der Waals surface area contributed by atoms with Gasteiger partial charge in [-0.2, -0.15) is 0 Å². The Balaban J connectivity index is 1.72. The number of benzene rings is 2. The van der Waals surface area contributed by atoms with Gasteiger partial charge in [-0.15, -0.1) is 0 Å². The number of hydrogen-bond acceptors (Lipinski definition) is 3. The summed E-state index contributed by atoms with van der Waals surface area (Å²) in [4.78, 5) is 8.59. The Morgan fingerprint density at radius 2 is 1.83 bits per heavy atom. The van der Waals surface area contributed by atoms with Crippen molar-refractivity contribution in [3.63, 3.8) is 0 Å². The lowest BCUT2D eigenvalue weighted by Gasteiger charge is -2.31. The van der Waals surface area contributed by atoms with Crippen LogP contribution in [0.5, 0.6) is 0 Å². The van der Waals surface area contributed by atoms with Crippen LogP contribution >= 0.6 is 11.8 Å². The maximum absolute atomic E-state index is 3.44. The van der Waals surface area contributed by atoms with Crippen molar-refractivity contribution in [3.05, 3.63) is 53.7 Å². The number of nitrogens with zero attached hydrogens (tertiary/aromatic N) is 1. The number of anilines is 1. The molecular weight excluding hydrogens is 314 g/mol. The standard InChI is InChI=1S/C20H23N3S/c1-14-6-7-18(17(12-14)23-10-8-21-9-11-23)24-19-13-22-20-15(2)4-3-5-16(19)20/h3-7,12-13,21-22H,8-11H2,1-2H3. The van der Waals surface area contributed by atoms with Crippen molar-refractivity contribution in [2.24, 2.45) is 0 Å². The zero-order valence-corrected chi connectivity index (χ0v) is 15.0. The van der Waals surface area contributed by atoms with E-state index in [2.05, 4.69) is 71.6 Å². The second-order valence-corrected chi connectivity index (χ2v) is 7.54. The molecule has 0 saturated carbocycles. The van der Waals surface area contributed by atoms with Crippen molar-refractivity contribution in [3.8, 4) is 0 Å². The highest BCUT2D eigenvalue weighted by Gasteiger charge is 2.16. The molecular formula is C20H23N3S. The molecule has 0 unspecified atom stereocenters. The van der Waals surface area contributed by atoms with Gasteiger partial charge in [0, 0.05) is 53.1 Å². The van der Waals surface area contributed by atoms with Crippen LogP contribution in [0.2, 0.25) is 0 Å². The highest BCUT2D eigenvalue weighted by Crippen LogP contribution is 2.39. The SMILES string of the molecule is Cc1ccc(Sc2c[nH]c3c(C)cccc23)c(N2CCNCC2)c1. The van der Waals surface area contributed by atoms with Crippen LogP contribution in [0.3, 0.4) is 0 Å². The molecule has 4 rings (SSSR count). The molecule has 2 aromatic carbocycles. The second-order valence-electron chi connectivity index (χ2n) is 6.46. The normalized spacial score (nSPS) is 15.2. The van der Waals surface area contributed by atoms with Crippen LogP contribution < -0.4 is 10.2 Å². The van der Waals surface area contributed by atoms with Gasteiger partial charge >= 0.3 is 0 Å². The first kappa shape index (κ1) is 15.6. The van der Waals surface area contributed by atoms with Gasteiger partial charge in [0.2, 0.25) is 0 Å². The van der Waals surface area contributed by atoms with E-state index in [1.165, 1.54) is 37.5 Å². The van der Waals surface area contributed by atoms with Gasteiger partial charge in [-0.3, -0.25) is 0 Å². The molecule has 0 atom stereocenters. The summed E-state index contributed by atoms with van der Waals surface area (Å²) in [6.45, 7) is 8.60. The fraction of sp³-hybridized carbons (Fsp3) is 0.300. The third-order valence-electron chi connectivity index (χ3n) is 4.68. The number of H-pyrrole nitrogens is 1. The molecule has 3 aromatic rings. The topological polar surface area (TPSA) is 31.1 Å². The van der Waals surface area contributed by atoms with E-state index in [1.807, 2.05) is 11.8 Å². The summed E-state index contributed by atoms with van der Waals surface area (Å²) in [5.41, 5.74) is 5.23. The van der Waals surface area contributed by atoms with Crippen LogP contribution in [-0.2, 0) is 0 Å². The van der Waals surface area contributed by atoms with Crippen LogP contribution in [0.15, 0.2) is 52.4 Å². The average molecular weight is 337 g/mol. The summed E-state index contributed by atoms with van der Waals surface area (Å²) in [6.07, 6.45) is 2.14. The number of fused-ring (bicyclic) bond motifs is 1. The summed E-state index contributed by atoms with van der Waals surface area (Å²) in [5, 5.41) is 4.75. The van der Waals surface area contributed by atoms with Crippen LogP contribution in [-0.4, -0.2) is 31.2 Å². The molecule has 0 radical (unpaired) electrons. The van der Waals surface area contributed by atoms with Gasteiger partial charge in [0.25, 0.3) is 0 Å². The number of aromatic amines is 1. The molecule has 1 fully saturated rings. The summed E-state index contributed by atoms with van der Waals surface area (Å²) < 4.78 is 0. The fourth-order valence-electron chi connectivity index (χ4n) is 3.35. The van der Waals surface area contributed by atoms with Crippen LogP contribution in [0.25, 0.3) is 10.9 Å². The van der Waals surface area contributed by atoms with E-state index in [-0.39, 0.29) is 0 Å². The molecule has 3 nitrogen and oxygen atoms in total. The van der Waals surface area contributed by atoms with Crippen LogP contribution in [0.1, 0.15) is 11.1 Å². The smallest absolute Gasteiger partial charge is 0.0511 e. The minimum Gasteiger partial charge on any atom is -0.368 e. The number of aryl methyl sites for hydroxylation is 2. The van der Waals surface area contributed by atoms with E-state index in [0.29, 0.717) is 0 Å². The third kappa shape index (κ3) is 2.92.